The Morgan fingerprint density at radius 2 is 1.85 bits per heavy atom. The summed E-state index contributed by atoms with van der Waals surface area (Å²) in [6.45, 7) is 0.988. The van der Waals surface area contributed by atoms with E-state index in [1.807, 2.05) is 37.3 Å². The van der Waals surface area contributed by atoms with Crippen LogP contribution in [-0.4, -0.2) is 68.5 Å². The summed E-state index contributed by atoms with van der Waals surface area (Å²) in [5.74, 6) is -0.340. The Balaban J connectivity index is 1.37. The van der Waals surface area contributed by atoms with E-state index in [0.29, 0.717) is 28.3 Å². The van der Waals surface area contributed by atoms with Crippen molar-refractivity contribution in [2.24, 2.45) is 5.73 Å². The predicted molar refractivity (Wildman–Crippen MR) is 147 cm³/mol. The molecule has 9 nitrogen and oxygen atoms in total. The van der Waals surface area contributed by atoms with Gasteiger partial charge in [0.2, 0.25) is 5.91 Å². The van der Waals surface area contributed by atoms with Gasteiger partial charge in [-0.3, -0.25) is 9.69 Å². The molecule has 4 aromatic rings. The number of aliphatic hydroxyl groups excluding tert-OH is 1. The number of aliphatic hydroxyl groups is 1. The van der Waals surface area contributed by atoms with Crippen LogP contribution in [0.2, 0.25) is 0 Å². The predicted octanol–water partition coefficient (Wildman–Crippen LogP) is 4.60. The number of nitrogens with two attached hydrogens (primary N) is 1. The van der Waals surface area contributed by atoms with Gasteiger partial charge >= 0.3 is 12.2 Å². The number of aromatic nitrogens is 3. The molecule has 2 aromatic heterocycles. The van der Waals surface area contributed by atoms with E-state index in [4.69, 9.17) is 5.73 Å². The summed E-state index contributed by atoms with van der Waals surface area (Å²) in [6.07, 6.45) is 0.297. The SMILES string of the molecule is CC(C(=O)N1CCC[C@H]1CO)c1ccc(-c2cnn3c(-c4cccc(N(CC(F)(F)F)C(N)=O)c4)cnc3c2)cc1. The van der Waals surface area contributed by atoms with Gasteiger partial charge in [0, 0.05) is 23.4 Å². The number of nitrogens with zero attached hydrogens (tertiary/aromatic N) is 5. The highest BCUT2D eigenvalue weighted by Crippen LogP contribution is 2.30. The molecule has 41 heavy (non-hydrogen) atoms. The van der Waals surface area contributed by atoms with Gasteiger partial charge < -0.3 is 15.7 Å². The van der Waals surface area contributed by atoms with Crippen LogP contribution < -0.4 is 10.6 Å². The molecule has 3 N–H and O–H groups in total. The van der Waals surface area contributed by atoms with Crippen LogP contribution in [0.4, 0.5) is 23.7 Å². The second-order valence-electron chi connectivity index (χ2n) is 10.1. The van der Waals surface area contributed by atoms with Crippen molar-refractivity contribution in [3.63, 3.8) is 0 Å². The molecule has 5 rings (SSSR count). The van der Waals surface area contributed by atoms with Crippen LogP contribution in [0.5, 0.6) is 0 Å². The Bertz CT molecular complexity index is 1570. The number of hydrogen-bond donors (Lipinski definition) is 2. The number of carbonyl (C=O) groups is 2. The lowest BCUT2D eigenvalue weighted by Gasteiger charge is -2.26. The Kier molecular flexibility index (Phi) is 7.68. The van der Waals surface area contributed by atoms with Crippen molar-refractivity contribution in [1.82, 2.24) is 19.5 Å². The van der Waals surface area contributed by atoms with Crippen molar-refractivity contribution in [1.29, 1.82) is 0 Å². The van der Waals surface area contributed by atoms with Crippen molar-refractivity contribution >= 4 is 23.3 Å². The van der Waals surface area contributed by atoms with Gasteiger partial charge in [-0.2, -0.15) is 18.3 Å². The van der Waals surface area contributed by atoms with Gasteiger partial charge in [0.15, 0.2) is 5.65 Å². The van der Waals surface area contributed by atoms with E-state index >= 15 is 0 Å². The third-order valence-corrected chi connectivity index (χ3v) is 7.40. The molecule has 0 bridgehead atoms. The number of urea groups is 1. The monoisotopic (exact) mass is 566 g/mol. The molecule has 3 amide bonds. The van der Waals surface area contributed by atoms with E-state index < -0.39 is 18.8 Å². The average Bonchev–Trinajstić information content (AvgIpc) is 3.61. The highest BCUT2D eigenvalue weighted by Gasteiger charge is 2.33. The van der Waals surface area contributed by atoms with Crippen molar-refractivity contribution < 1.29 is 27.9 Å². The molecule has 1 fully saturated rings. The molecular formula is C29H29F3N6O3. The maximum Gasteiger partial charge on any atom is 0.406 e. The minimum atomic E-state index is -4.62. The zero-order chi connectivity index (χ0) is 29.3. The summed E-state index contributed by atoms with van der Waals surface area (Å²) in [5.41, 5.74) is 9.30. The molecule has 2 aromatic carbocycles. The lowest BCUT2D eigenvalue weighted by molar-refractivity contribution is -0.134. The maximum atomic E-state index is 13.0. The largest absolute Gasteiger partial charge is 0.406 e. The minimum Gasteiger partial charge on any atom is -0.394 e. The fraction of sp³-hybridized carbons (Fsp3) is 0.310. The van der Waals surface area contributed by atoms with Gasteiger partial charge in [0.1, 0.15) is 6.54 Å². The zero-order valence-corrected chi connectivity index (χ0v) is 22.3. The van der Waals surface area contributed by atoms with Gasteiger partial charge in [-0.15, -0.1) is 0 Å². The highest BCUT2D eigenvalue weighted by atomic mass is 19.4. The molecule has 1 aliphatic heterocycles. The second kappa shape index (κ2) is 11.2. The molecule has 3 heterocycles. The number of benzene rings is 2. The molecule has 0 spiro atoms. The van der Waals surface area contributed by atoms with Gasteiger partial charge in [-0.1, -0.05) is 36.4 Å². The van der Waals surface area contributed by atoms with Crippen molar-refractivity contribution in [3.05, 3.63) is 72.6 Å². The summed E-state index contributed by atoms with van der Waals surface area (Å²) in [5, 5.41) is 14.1. The number of anilines is 1. The molecule has 1 unspecified atom stereocenters. The number of carbonyl (C=O) groups excluding carboxylic acids is 2. The summed E-state index contributed by atoms with van der Waals surface area (Å²) < 4.78 is 40.6. The molecule has 12 heteroatoms. The van der Waals surface area contributed by atoms with Crippen molar-refractivity contribution in [2.75, 3.05) is 24.6 Å². The number of imidazole rings is 1. The fourth-order valence-electron chi connectivity index (χ4n) is 5.21. The molecule has 214 valence electrons. The molecular weight excluding hydrogens is 537 g/mol. The molecule has 0 saturated carbocycles. The Morgan fingerprint density at radius 1 is 1.10 bits per heavy atom. The lowest BCUT2D eigenvalue weighted by atomic mass is 9.96. The van der Waals surface area contributed by atoms with Crippen LogP contribution in [0.1, 0.15) is 31.2 Å². The van der Waals surface area contributed by atoms with Gasteiger partial charge in [-0.25, -0.2) is 14.3 Å². The first-order valence-corrected chi connectivity index (χ1v) is 13.2. The highest BCUT2D eigenvalue weighted by molar-refractivity contribution is 5.91. The Labute approximate surface area is 234 Å². The van der Waals surface area contributed by atoms with Crippen LogP contribution in [0.25, 0.3) is 28.0 Å². The summed E-state index contributed by atoms with van der Waals surface area (Å²) in [6, 6.07) is 14.2. The fourth-order valence-corrected chi connectivity index (χ4v) is 5.21. The smallest absolute Gasteiger partial charge is 0.394 e. The van der Waals surface area contributed by atoms with Gasteiger partial charge in [-0.05, 0) is 49.1 Å². The van der Waals surface area contributed by atoms with E-state index in [0.717, 1.165) is 29.5 Å². The first-order chi connectivity index (χ1) is 19.6. The molecule has 0 aliphatic carbocycles. The third-order valence-electron chi connectivity index (χ3n) is 7.40. The first kappa shape index (κ1) is 28.1. The molecule has 0 radical (unpaired) electrons. The summed E-state index contributed by atoms with van der Waals surface area (Å²) in [7, 11) is 0. The first-order valence-electron chi connectivity index (χ1n) is 13.2. The number of fused-ring (bicyclic) bond motifs is 1. The number of rotatable bonds is 7. The van der Waals surface area contributed by atoms with Crippen molar-refractivity contribution in [2.45, 2.75) is 37.9 Å². The number of halogens is 3. The van der Waals surface area contributed by atoms with E-state index in [1.165, 1.54) is 18.2 Å². The van der Waals surface area contributed by atoms with Gasteiger partial charge in [0.05, 0.1) is 36.7 Å². The lowest BCUT2D eigenvalue weighted by Crippen LogP contribution is -2.42. The quantitative estimate of drug-likeness (QED) is 0.339. The van der Waals surface area contributed by atoms with E-state index in [9.17, 15) is 27.9 Å². The normalized spacial score (nSPS) is 16.2. The van der Waals surface area contributed by atoms with Crippen LogP contribution in [0, 0.1) is 0 Å². The van der Waals surface area contributed by atoms with Crippen LogP contribution in [-0.2, 0) is 4.79 Å². The van der Waals surface area contributed by atoms with E-state index in [1.54, 1.807) is 27.9 Å². The molecule has 1 saturated heterocycles. The van der Waals surface area contributed by atoms with Gasteiger partial charge in [0.25, 0.3) is 0 Å². The Hall–Kier alpha value is -4.45. The Morgan fingerprint density at radius 3 is 2.54 bits per heavy atom. The zero-order valence-electron chi connectivity index (χ0n) is 22.3. The second-order valence-corrected chi connectivity index (χ2v) is 10.1. The standard InChI is InChI=1S/C29H29F3N6O3/c1-18(27(40)36-11-3-6-24(36)16-39)19-7-9-20(10-8-19)22-13-26-34-15-25(38(26)35-14-22)21-4-2-5-23(12-21)37(28(33)41)17-29(30,31)32/h2,4-5,7-10,12-15,18,24,39H,3,6,11,16-17H2,1H3,(H2,33,41)/t18?,24-/m0/s1. The van der Waals surface area contributed by atoms with E-state index in [2.05, 4.69) is 10.1 Å². The summed E-state index contributed by atoms with van der Waals surface area (Å²) >= 11 is 0. The average molecular weight is 567 g/mol. The van der Waals surface area contributed by atoms with Crippen LogP contribution >= 0.6 is 0 Å². The maximum absolute atomic E-state index is 13.0. The third kappa shape index (κ3) is 5.87. The summed E-state index contributed by atoms with van der Waals surface area (Å²) in [4.78, 5) is 31.4. The molecule has 2 atom stereocenters. The number of primary amides is 1. The van der Waals surface area contributed by atoms with Crippen molar-refractivity contribution in [3.8, 4) is 22.4 Å². The van der Waals surface area contributed by atoms with E-state index in [-0.39, 0.29) is 30.2 Å². The topological polar surface area (TPSA) is 117 Å². The number of likely N-dealkylation sites (tertiary alicyclic amines) is 1. The minimum absolute atomic E-state index is 0.00306. The number of amides is 3. The number of hydrogen-bond acceptors (Lipinski definition) is 5. The number of alkyl halides is 3. The van der Waals surface area contributed by atoms with Crippen LogP contribution in [0.15, 0.2) is 67.0 Å². The van der Waals surface area contributed by atoms with Crippen LogP contribution in [0.3, 0.4) is 0 Å². The molecule has 1 aliphatic rings.